The number of hydrogen-bond donors (Lipinski definition) is 2. The molecule has 2 N–H and O–H groups in total. The fourth-order valence-electron chi connectivity index (χ4n) is 2.59. The lowest BCUT2D eigenvalue weighted by atomic mass is 10.0. The van der Waals surface area contributed by atoms with E-state index in [0.717, 1.165) is 28.0 Å². The van der Waals surface area contributed by atoms with E-state index in [0.29, 0.717) is 37.0 Å². The Hall–Kier alpha value is -2.29. The van der Waals surface area contributed by atoms with Crippen LogP contribution in [-0.2, 0) is 12.6 Å². The summed E-state index contributed by atoms with van der Waals surface area (Å²) in [4.78, 5) is 8.22. The molecule has 5 nitrogen and oxygen atoms in total. The van der Waals surface area contributed by atoms with Crippen molar-refractivity contribution >= 4 is 17.3 Å². The predicted molar refractivity (Wildman–Crippen MR) is 106 cm³/mol. The number of aliphatic imine (C=N–C) groups is 1. The second-order valence-electron chi connectivity index (χ2n) is 6.16. The van der Waals surface area contributed by atoms with Crippen molar-refractivity contribution in [3.8, 4) is 5.75 Å². The van der Waals surface area contributed by atoms with Gasteiger partial charge in [-0.3, -0.25) is 4.99 Å². The number of aromatic nitrogens is 1. The van der Waals surface area contributed by atoms with Gasteiger partial charge in [-0.15, -0.1) is 11.3 Å². The van der Waals surface area contributed by atoms with Crippen LogP contribution in [0.2, 0.25) is 0 Å². The van der Waals surface area contributed by atoms with Gasteiger partial charge in [0.1, 0.15) is 5.75 Å². The van der Waals surface area contributed by atoms with E-state index >= 15 is 0 Å². The van der Waals surface area contributed by atoms with Crippen molar-refractivity contribution in [2.24, 2.45) is 4.99 Å². The van der Waals surface area contributed by atoms with Crippen LogP contribution in [0.15, 0.2) is 34.6 Å². The van der Waals surface area contributed by atoms with Crippen LogP contribution in [0.25, 0.3) is 0 Å². The summed E-state index contributed by atoms with van der Waals surface area (Å²) < 4.78 is 43.2. The van der Waals surface area contributed by atoms with Gasteiger partial charge < -0.3 is 15.4 Å². The van der Waals surface area contributed by atoms with Crippen LogP contribution in [0.3, 0.4) is 0 Å². The van der Waals surface area contributed by atoms with Crippen LogP contribution >= 0.6 is 11.3 Å². The van der Waals surface area contributed by atoms with Gasteiger partial charge in [-0.1, -0.05) is 25.1 Å². The first-order chi connectivity index (χ1) is 13.3. The van der Waals surface area contributed by atoms with Gasteiger partial charge >= 0.3 is 6.18 Å². The van der Waals surface area contributed by atoms with Crippen LogP contribution in [-0.4, -0.2) is 37.7 Å². The highest BCUT2D eigenvalue weighted by Crippen LogP contribution is 2.30. The fraction of sp³-hybridized carbons (Fsp3) is 0.474. The number of nitrogens with zero attached hydrogens (tertiary/aromatic N) is 2. The average molecular weight is 414 g/mol. The molecule has 0 aliphatic heterocycles. The molecule has 1 atom stereocenters. The smallest absolute Gasteiger partial charge is 0.434 e. The number of para-hydroxylation sites is 1. The van der Waals surface area contributed by atoms with Crippen LogP contribution in [0.1, 0.15) is 36.0 Å². The molecule has 1 heterocycles. The standard InChI is InChI=1S/C19H25F3N4OS/c1-4-23-18(24-10-9-17-26-16(12-28-17)19(20,21)22)25-11-13(2)14-7-5-6-8-15(14)27-3/h5-8,12-13H,4,9-11H2,1-3H3,(H2,23,24,25). The van der Waals surface area contributed by atoms with E-state index in [-0.39, 0.29) is 5.92 Å². The number of guanidine groups is 1. The Kier molecular flexibility index (Phi) is 8.10. The molecule has 9 heteroatoms. The highest BCUT2D eigenvalue weighted by Gasteiger charge is 2.33. The number of thiazole rings is 1. The zero-order valence-corrected chi connectivity index (χ0v) is 17.0. The minimum atomic E-state index is -4.40. The van der Waals surface area contributed by atoms with Gasteiger partial charge in [-0.05, 0) is 18.6 Å². The Balaban J connectivity index is 1.92. The zero-order chi connectivity index (χ0) is 20.6. The van der Waals surface area contributed by atoms with Gasteiger partial charge in [0.15, 0.2) is 11.7 Å². The van der Waals surface area contributed by atoms with Crippen molar-refractivity contribution < 1.29 is 17.9 Å². The molecule has 0 spiro atoms. The number of nitrogens with one attached hydrogen (secondary N) is 2. The van der Waals surface area contributed by atoms with Crippen LogP contribution in [0, 0.1) is 0 Å². The van der Waals surface area contributed by atoms with E-state index in [1.165, 1.54) is 0 Å². The normalized spacial score (nSPS) is 13.3. The maximum atomic E-state index is 12.6. The number of ether oxygens (including phenoxy) is 1. The number of halogens is 3. The molecule has 154 valence electrons. The maximum absolute atomic E-state index is 12.6. The first kappa shape index (κ1) is 22.0. The van der Waals surface area contributed by atoms with E-state index in [1.807, 2.05) is 31.2 Å². The first-order valence-electron chi connectivity index (χ1n) is 9.01. The Labute approximate surface area is 167 Å². The van der Waals surface area contributed by atoms with Crippen molar-refractivity contribution in [3.05, 3.63) is 45.9 Å². The summed E-state index contributed by atoms with van der Waals surface area (Å²) in [5.41, 5.74) is 0.241. The molecule has 0 amide bonds. The quantitative estimate of drug-likeness (QED) is 0.505. The van der Waals surface area contributed by atoms with Gasteiger partial charge in [-0.25, -0.2) is 4.98 Å². The maximum Gasteiger partial charge on any atom is 0.434 e. The van der Waals surface area contributed by atoms with E-state index in [2.05, 4.69) is 27.5 Å². The number of alkyl halides is 3. The zero-order valence-electron chi connectivity index (χ0n) is 16.1. The molecule has 1 aromatic heterocycles. The summed E-state index contributed by atoms with van der Waals surface area (Å²) in [6.07, 6.45) is -4.00. The number of hydrogen-bond acceptors (Lipinski definition) is 4. The van der Waals surface area contributed by atoms with E-state index in [1.54, 1.807) is 7.11 Å². The molecule has 0 radical (unpaired) electrons. The minimum absolute atomic E-state index is 0.153. The van der Waals surface area contributed by atoms with Crippen molar-refractivity contribution in [3.63, 3.8) is 0 Å². The predicted octanol–water partition coefficient (Wildman–Crippen LogP) is 4.07. The third kappa shape index (κ3) is 6.40. The topological polar surface area (TPSA) is 58.5 Å². The summed E-state index contributed by atoms with van der Waals surface area (Å²) in [5, 5.41) is 7.78. The SMILES string of the molecule is CCNC(=NCC(C)c1ccccc1OC)NCCc1nc(C(F)(F)F)cs1. The largest absolute Gasteiger partial charge is 0.496 e. The average Bonchev–Trinajstić information content (AvgIpc) is 3.15. The summed E-state index contributed by atoms with van der Waals surface area (Å²) in [7, 11) is 1.64. The molecule has 1 unspecified atom stereocenters. The molecule has 0 saturated carbocycles. The monoisotopic (exact) mass is 414 g/mol. The van der Waals surface area contributed by atoms with Crippen LogP contribution in [0.5, 0.6) is 5.75 Å². The van der Waals surface area contributed by atoms with Gasteiger partial charge in [-0.2, -0.15) is 13.2 Å². The number of benzene rings is 1. The molecular weight excluding hydrogens is 389 g/mol. The molecule has 1 aromatic carbocycles. The third-order valence-corrected chi connectivity index (χ3v) is 4.92. The minimum Gasteiger partial charge on any atom is -0.496 e. The van der Waals surface area contributed by atoms with Gasteiger partial charge in [0.2, 0.25) is 0 Å². The molecule has 2 aromatic rings. The third-order valence-electron chi connectivity index (χ3n) is 4.01. The van der Waals surface area contributed by atoms with Crippen molar-refractivity contribution in [1.29, 1.82) is 0 Å². The Bertz CT molecular complexity index is 777. The lowest BCUT2D eigenvalue weighted by Crippen LogP contribution is -2.38. The van der Waals surface area contributed by atoms with Crippen LogP contribution in [0.4, 0.5) is 13.2 Å². The lowest BCUT2D eigenvalue weighted by molar-refractivity contribution is -0.140. The van der Waals surface area contributed by atoms with Crippen molar-refractivity contribution in [2.75, 3.05) is 26.7 Å². The molecule has 0 fully saturated rings. The fourth-order valence-corrected chi connectivity index (χ4v) is 3.39. The Morgan fingerprint density at radius 2 is 2.04 bits per heavy atom. The van der Waals surface area contributed by atoms with E-state index in [4.69, 9.17) is 4.74 Å². The molecule has 0 bridgehead atoms. The summed E-state index contributed by atoms with van der Waals surface area (Å²) >= 11 is 1.02. The van der Waals surface area contributed by atoms with Gasteiger partial charge in [0.25, 0.3) is 0 Å². The summed E-state index contributed by atoms with van der Waals surface area (Å²) in [6, 6.07) is 7.82. The highest BCUT2D eigenvalue weighted by molar-refractivity contribution is 7.09. The summed E-state index contributed by atoms with van der Waals surface area (Å²) in [6.45, 7) is 5.70. The van der Waals surface area contributed by atoms with Crippen LogP contribution < -0.4 is 15.4 Å². The van der Waals surface area contributed by atoms with E-state index < -0.39 is 11.9 Å². The molecule has 0 saturated heterocycles. The van der Waals surface area contributed by atoms with E-state index in [9.17, 15) is 13.2 Å². The molecule has 28 heavy (non-hydrogen) atoms. The molecular formula is C19H25F3N4OS. The molecule has 0 aliphatic rings. The first-order valence-corrected chi connectivity index (χ1v) is 9.89. The van der Waals surface area contributed by atoms with Gasteiger partial charge in [0, 0.05) is 37.4 Å². The molecule has 0 aliphatic carbocycles. The second kappa shape index (κ2) is 10.3. The second-order valence-corrected chi connectivity index (χ2v) is 7.11. The van der Waals surface area contributed by atoms with Crippen molar-refractivity contribution in [1.82, 2.24) is 15.6 Å². The Morgan fingerprint density at radius 1 is 1.29 bits per heavy atom. The van der Waals surface area contributed by atoms with Gasteiger partial charge in [0.05, 0.1) is 12.1 Å². The Morgan fingerprint density at radius 3 is 2.68 bits per heavy atom. The number of methoxy groups -OCH3 is 1. The lowest BCUT2D eigenvalue weighted by Gasteiger charge is -2.15. The van der Waals surface area contributed by atoms with Crippen molar-refractivity contribution in [2.45, 2.75) is 32.4 Å². The highest BCUT2D eigenvalue weighted by atomic mass is 32.1. The number of rotatable bonds is 8. The molecule has 2 rings (SSSR count). The summed E-state index contributed by atoms with van der Waals surface area (Å²) in [5.74, 6) is 1.60.